The molecule has 3 N–H and O–H groups in total. The van der Waals surface area contributed by atoms with Crippen molar-refractivity contribution in [3.05, 3.63) is 64.7 Å². The summed E-state index contributed by atoms with van der Waals surface area (Å²) in [6.45, 7) is 2.85. The first-order chi connectivity index (χ1) is 16.1. The summed E-state index contributed by atoms with van der Waals surface area (Å²) in [4.78, 5) is 59.2. The molecule has 0 unspecified atom stereocenters. The topological polar surface area (TPSA) is 140 Å². The number of hydrogen-bond acceptors (Lipinski definition) is 7. The van der Waals surface area contributed by atoms with Crippen molar-refractivity contribution in [1.29, 1.82) is 0 Å². The third-order valence-corrected chi connectivity index (χ3v) is 4.34. The van der Waals surface area contributed by atoms with E-state index < -0.39 is 36.3 Å². The van der Waals surface area contributed by atoms with Crippen molar-refractivity contribution in [3.63, 3.8) is 0 Å². The number of hydrogen-bond donors (Lipinski definition) is 3. The second-order valence-corrected chi connectivity index (χ2v) is 7.69. The Labute approximate surface area is 200 Å². The molecule has 180 valence electrons. The summed E-state index contributed by atoms with van der Waals surface area (Å²) in [7, 11) is 0. The molecule has 0 aliphatic heterocycles. The van der Waals surface area contributed by atoms with E-state index in [1.165, 1.54) is 48.5 Å². The molecule has 0 radical (unpaired) electrons. The first kappa shape index (κ1) is 26.3. The van der Waals surface area contributed by atoms with Crippen molar-refractivity contribution in [3.8, 4) is 0 Å². The summed E-state index contributed by atoms with van der Waals surface area (Å²) >= 11 is 5.74. The number of amides is 3. The number of halogens is 1. The fraction of sp³-hybridized carbons (Fsp3) is 0.261. The number of rotatable bonds is 9. The van der Waals surface area contributed by atoms with Gasteiger partial charge in [0.15, 0.2) is 6.61 Å². The molecule has 2 aromatic carbocycles. The minimum absolute atomic E-state index is 0.176. The number of ether oxygens (including phenoxy) is 2. The normalized spacial score (nSPS) is 10.2. The second-order valence-electron chi connectivity index (χ2n) is 7.25. The highest BCUT2D eigenvalue weighted by atomic mass is 35.5. The zero-order chi connectivity index (χ0) is 25.1. The molecule has 34 heavy (non-hydrogen) atoms. The van der Waals surface area contributed by atoms with Crippen LogP contribution in [0.1, 0.15) is 47.4 Å². The van der Waals surface area contributed by atoms with Crippen LogP contribution in [0.2, 0.25) is 5.02 Å². The van der Waals surface area contributed by atoms with Gasteiger partial charge < -0.3 is 14.8 Å². The molecule has 0 bridgehead atoms. The van der Waals surface area contributed by atoms with Crippen LogP contribution in [-0.4, -0.2) is 42.4 Å². The molecule has 0 fully saturated rings. The van der Waals surface area contributed by atoms with Crippen molar-refractivity contribution < 1.29 is 33.4 Å². The predicted molar refractivity (Wildman–Crippen MR) is 123 cm³/mol. The molecule has 0 heterocycles. The molecule has 0 aliphatic rings. The molecule has 10 nitrogen and oxygen atoms in total. The van der Waals surface area contributed by atoms with E-state index in [0.717, 1.165) is 0 Å². The van der Waals surface area contributed by atoms with Crippen LogP contribution in [-0.2, 0) is 23.9 Å². The Morgan fingerprint density at radius 1 is 0.824 bits per heavy atom. The highest BCUT2D eigenvalue weighted by Gasteiger charge is 2.13. The van der Waals surface area contributed by atoms with Gasteiger partial charge in [0.05, 0.1) is 18.1 Å². The molecule has 2 aromatic rings. The van der Waals surface area contributed by atoms with Gasteiger partial charge in [0.2, 0.25) is 5.91 Å². The maximum absolute atomic E-state index is 12.0. The number of carbonyl (C=O) groups is 5. The fourth-order valence-corrected chi connectivity index (χ4v) is 2.59. The van der Waals surface area contributed by atoms with Crippen molar-refractivity contribution in [2.75, 3.05) is 11.9 Å². The minimum Gasteiger partial charge on any atom is -0.459 e. The Morgan fingerprint density at radius 2 is 1.44 bits per heavy atom. The van der Waals surface area contributed by atoms with Gasteiger partial charge in [0, 0.05) is 22.7 Å². The van der Waals surface area contributed by atoms with Gasteiger partial charge in [-0.2, -0.15) is 0 Å². The molecule has 3 amide bonds. The van der Waals surface area contributed by atoms with E-state index in [1.807, 2.05) is 0 Å². The average molecular weight is 490 g/mol. The summed E-state index contributed by atoms with van der Waals surface area (Å²) < 4.78 is 9.86. The summed E-state index contributed by atoms with van der Waals surface area (Å²) in [5.41, 5.74) is 5.34. The number of benzene rings is 2. The largest absolute Gasteiger partial charge is 0.459 e. The zero-order valence-corrected chi connectivity index (χ0v) is 19.3. The molecule has 0 aromatic heterocycles. The van der Waals surface area contributed by atoms with Crippen LogP contribution in [0, 0.1) is 0 Å². The van der Waals surface area contributed by atoms with Crippen LogP contribution in [0.3, 0.4) is 0 Å². The van der Waals surface area contributed by atoms with E-state index in [1.54, 1.807) is 13.8 Å². The zero-order valence-electron chi connectivity index (χ0n) is 18.6. The SMILES string of the molecule is CC(C)OC(=O)c1ccc(NC(=O)CCC(=O)OCC(=O)NNC(=O)c2ccc(Cl)cc2)cc1. The van der Waals surface area contributed by atoms with E-state index in [4.69, 9.17) is 21.1 Å². The van der Waals surface area contributed by atoms with Gasteiger partial charge in [0.25, 0.3) is 11.8 Å². The Kier molecular flexibility index (Phi) is 10.0. The summed E-state index contributed by atoms with van der Waals surface area (Å²) in [5, 5.41) is 3.05. The van der Waals surface area contributed by atoms with Crippen molar-refractivity contribution in [2.24, 2.45) is 0 Å². The lowest BCUT2D eigenvalue weighted by Gasteiger charge is -2.09. The van der Waals surface area contributed by atoms with Crippen LogP contribution >= 0.6 is 11.6 Å². The lowest BCUT2D eigenvalue weighted by Crippen LogP contribution is -2.43. The number of esters is 2. The van der Waals surface area contributed by atoms with Crippen molar-refractivity contribution >= 4 is 46.9 Å². The molecular weight excluding hydrogens is 466 g/mol. The van der Waals surface area contributed by atoms with Crippen LogP contribution in [0.25, 0.3) is 0 Å². The molecule has 0 aliphatic carbocycles. The lowest BCUT2D eigenvalue weighted by atomic mass is 10.2. The predicted octanol–water partition coefficient (Wildman–Crippen LogP) is 2.63. The minimum atomic E-state index is -0.763. The Balaban J connectivity index is 1.66. The van der Waals surface area contributed by atoms with E-state index in [2.05, 4.69) is 16.2 Å². The van der Waals surface area contributed by atoms with E-state index in [0.29, 0.717) is 16.3 Å². The second kappa shape index (κ2) is 12.9. The van der Waals surface area contributed by atoms with Crippen molar-refractivity contribution in [2.45, 2.75) is 32.8 Å². The molecule has 0 saturated carbocycles. The third kappa shape index (κ3) is 9.29. The molecule has 0 saturated heterocycles. The Bertz CT molecular complexity index is 1040. The van der Waals surface area contributed by atoms with Crippen LogP contribution in [0.5, 0.6) is 0 Å². The summed E-state index contributed by atoms with van der Waals surface area (Å²) in [6, 6.07) is 12.1. The number of anilines is 1. The van der Waals surface area contributed by atoms with Gasteiger partial charge in [-0.05, 0) is 62.4 Å². The first-order valence-corrected chi connectivity index (χ1v) is 10.6. The number of carbonyl (C=O) groups excluding carboxylic acids is 5. The first-order valence-electron chi connectivity index (χ1n) is 10.3. The van der Waals surface area contributed by atoms with Crippen LogP contribution < -0.4 is 16.2 Å². The number of hydrazine groups is 1. The van der Waals surface area contributed by atoms with E-state index in [-0.39, 0.29) is 24.5 Å². The van der Waals surface area contributed by atoms with Gasteiger partial charge in [-0.3, -0.25) is 30.0 Å². The van der Waals surface area contributed by atoms with Gasteiger partial charge in [-0.15, -0.1) is 0 Å². The smallest absolute Gasteiger partial charge is 0.338 e. The van der Waals surface area contributed by atoms with Gasteiger partial charge >= 0.3 is 11.9 Å². The van der Waals surface area contributed by atoms with E-state index >= 15 is 0 Å². The summed E-state index contributed by atoms with van der Waals surface area (Å²) in [6.07, 6.45) is -0.675. The summed E-state index contributed by atoms with van der Waals surface area (Å²) in [5.74, 6) is -3.01. The monoisotopic (exact) mass is 489 g/mol. The average Bonchev–Trinajstić information content (AvgIpc) is 2.80. The van der Waals surface area contributed by atoms with Crippen molar-refractivity contribution in [1.82, 2.24) is 10.9 Å². The molecule has 2 rings (SSSR count). The quantitative estimate of drug-likeness (QED) is 0.363. The third-order valence-electron chi connectivity index (χ3n) is 4.09. The van der Waals surface area contributed by atoms with Crippen LogP contribution in [0.4, 0.5) is 5.69 Å². The van der Waals surface area contributed by atoms with E-state index in [9.17, 15) is 24.0 Å². The van der Waals surface area contributed by atoms with Gasteiger partial charge in [0.1, 0.15) is 0 Å². The maximum Gasteiger partial charge on any atom is 0.338 e. The Morgan fingerprint density at radius 3 is 2.06 bits per heavy atom. The standard InChI is InChI=1S/C23H24ClN3O7/c1-14(2)34-23(32)16-5-9-18(10-6-16)25-19(28)11-12-21(30)33-13-20(29)26-27-22(31)15-3-7-17(24)8-4-15/h3-10,14H,11-13H2,1-2H3,(H,25,28)(H,26,29)(H,27,31). The lowest BCUT2D eigenvalue weighted by molar-refractivity contribution is -0.149. The van der Waals surface area contributed by atoms with Crippen LogP contribution in [0.15, 0.2) is 48.5 Å². The van der Waals surface area contributed by atoms with Gasteiger partial charge in [-0.25, -0.2) is 4.79 Å². The highest BCUT2D eigenvalue weighted by molar-refractivity contribution is 6.30. The molecule has 0 spiro atoms. The number of nitrogens with one attached hydrogen (secondary N) is 3. The molecule has 11 heteroatoms. The van der Waals surface area contributed by atoms with Gasteiger partial charge in [-0.1, -0.05) is 11.6 Å². The highest BCUT2D eigenvalue weighted by Crippen LogP contribution is 2.12. The Hall–Kier alpha value is -3.92. The maximum atomic E-state index is 12.0. The molecular formula is C23H24ClN3O7. The molecule has 0 atom stereocenters. The fourth-order valence-electron chi connectivity index (χ4n) is 2.47.